The topological polar surface area (TPSA) is 67.9 Å². The Balaban J connectivity index is 2.11. The molecule has 16 heavy (non-hydrogen) atoms. The number of anilines is 2. The molecule has 0 radical (unpaired) electrons. The summed E-state index contributed by atoms with van der Waals surface area (Å²) in [6.07, 6.45) is 1.73. The van der Waals surface area contributed by atoms with Gasteiger partial charge in [-0.05, 0) is 12.1 Å². The van der Waals surface area contributed by atoms with Gasteiger partial charge < -0.3 is 10.6 Å². The van der Waals surface area contributed by atoms with E-state index in [0.717, 1.165) is 14.4 Å². The smallest absolute Gasteiger partial charge is 0.208 e. The van der Waals surface area contributed by atoms with Crippen LogP contribution in [0.15, 0.2) is 27.6 Å². The van der Waals surface area contributed by atoms with E-state index in [1.807, 2.05) is 25.1 Å². The molecule has 0 unspecified atom stereocenters. The van der Waals surface area contributed by atoms with Gasteiger partial charge >= 0.3 is 0 Å². The number of rotatable bonds is 3. The maximum absolute atomic E-state index is 5.51. The van der Waals surface area contributed by atoms with Crippen LogP contribution in [0.5, 0.6) is 0 Å². The quantitative estimate of drug-likeness (QED) is 0.898. The summed E-state index contributed by atoms with van der Waals surface area (Å²) in [4.78, 5) is 6.96. The van der Waals surface area contributed by atoms with Crippen molar-refractivity contribution in [3.8, 4) is 0 Å². The molecule has 0 saturated heterocycles. The van der Waals surface area contributed by atoms with Gasteiger partial charge in [-0.1, -0.05) is 23.1 Å². The first-order chi connectivity index (χ1) is 7.65. The number of nitrogens with two attached hydrogens (primary N) is 1. The van der Waals surface area contributed by atoms with Crippen molar-refractivity contribution in [3.63, 3.8) is 0 Å². The summed E-state index contributed by atoms with van der Waals surface area (Å²) in [7, 11) is 3.89. The predicted molar refractivity (Wildman–Crippen MR) is 67.0 cm³/mol. The van der Waals surface area contributed by atoms with Gasteiger partial charge in [0.05, 0.1) is 0 Å². The molecule has 0 aliphatic heterocycles. The number of hydrogen-bond acceptors (Lipinski definition) is 7. The van der Waals surface area contributed by atoms with Gasteiger partial charge in [0.2, 0.25) is 5.13 Å². The molecule has 0 spiro atoms. The number of nitrogens with zero attached hydrogens (tertiary/aromatic N) is 4. The Morgan fingerprint density at radius 3 is 2.69 bits per heavy atom. The summed E-state index contributed by atoms with van der Waals surface area (Å²) < 4.78 is 0.898. The van der Waals surface area contributed by atoms with Crippen LogP contribution in [0.2, 0.25) is 0 Å². The molecule has 0 aliphatic carbocycles. The Morgan fingerprint density at radius 2 is 2.12 bits per heavy atom. The minimum Gasteiger partial charge on any atom is -0.384 e. The monoisotopic (exact) mass is 253 g/mol. The predicted octanol–water partition coefficient (Wildman–Crippen LogP) is 1.73. The van der Waals surface area contributed by atoms with E-state index in [-0.39, 0.29) is 0 Å². The second-order valence-corrected chi connectivity index (χ2v) is 5.54. The van der Waals surface area contributed by atoms with Crippen LogP contribution in [0, 0.1) is 0 Å². The molecule has 0 aromatic carbocycles. The molecule has 2 aromatic heterocycles. The Labute approximate surface area is 102 Å². The zero-order valence-electron chi connectivity index (χ0n) is 8.91. The molecule has 0 amide bonds. The Morgan fingerprint density at radius 1 is 1.31 bits per heavy atom. The van der Waals surface area contributed by atoms with Gasteiger partial charge in [0, 0.05) is 25.2 Å². The van der Waals surface area contributed by atoms with Crippen molar-refractivity contribution in [1.82, 2.24) is 15.2 Å². The lowest BCUT2D eigenvalue weighted by molar-refractivity contribution is 0.972. The highest BCUT2D eigenvalue weighted by molar-refractivity contribution is 8.01. The average Bonchev–Trinajstić information content (AvgIpc) is 2.70. The summed E-state index contributed by atoms with van der Waals surface area (Å²) in [6.45, 7) is 0. The van der Waals surface area contributed by atoms with Gasteiger partial charge in [-0.15, -0.1) is 10.2 Å². The van der Waals surface area contributed by atoms with Crippen LogP contribution in [0.25, 0.3) is 0 Å². The lowest BCUT2D eigenvalue weighted by Crippen LogP contribution is -2.07. The summed E-state index contributed by atoms with van der Waals surface area (Å²) in [5, 5.41) is 9.04. The zero-order valence-corrected chi connectivity index (χ0v) is 10.5. The van der Waals surface area contributed by atoms with Crippen LogP contribution in [0.4, 0.5) is 10.9 Å². The van der Waals surface area contributed by atoms with Gasteiger partial charge in [0.25, 0.3) is 0 Å². The van der Waals surface area contributed by atoms with Crippen LogP contribution in [-0.4, -0.2) is 29.3 Å². The third-order valence-electron chi connectivity index (χ3n) is 1.74. The third kappa shape index (κ3) is 2.61. The third-order valence-corrected chi connectivity index (χ3v) is 3.86. The first kappa shape index (κ1) is 11.2. The fraction of sp³-hybridized carbons (Fsp3) is 0.222. The van der Waals surface area contributed by atoms with Crippen molar-refractivity contribution in [2.45, 2.75) is 9.24 Å². The van der Waals surface area contributed by atoms with Gasteiger partial charge in [0.1, 0.15) is 5.82 Å². The Kier molecular flexibility index (Phi) is 3.25. The summed E-state index contributed by atoms with van der Waals surface area (Å²) in [5.74, 6) is 0.524. The molecule has 0 aliphatic rings. The van der Waals surface area contributed by atoms with Gasteiger partial charge in [-0.25, -0.2) is 4.98 Å². The first-order valence-corrected chi connectivity index (χ1v) is 6.18. The fourth-order valence-electron chi connectivity index (χ4n) is 0.977. The van der Waals surface area contributed by atoms with Crippen molar-refractivity contribution in [1.29, 1.82) is 0 Å². The molecule has 7 heteroatoms. The summed E-state index contributed by atoms with van der Waals surface area (Å²) >= 11 is 3.08. The highest BCUT2D eigenvalue weighted by Gasteiger charge is 2.07. The molecule has 0 bridgehead atoms. The van der Waals surface area contributed by atoms with Crippen LogP contribution in [0.3, 0.4) is 0 Å². The van der Waals surface area contributed by atoms with Crippen LogP contribution < -0.4 is 10.6 Å². The lowest BCUT2D eigenvalue weighted by atomic mass is 10.5. The van der Waals surface area contributed by atoms with Crippen molar-refractivity contribution in [2.75, 3.05) is 24.7 Å². The summed E-state index contributed by atoms with van der Waals surface area (Å²) in [5.41, 5.74) is 5.51. The van der Waals surface area contributed by atoms with Gasteiger partial charge in [-0.3, -0.25) is 0 Å². The summed E-state index contributed by atoms with van der Waals surface area (Å²) in [6, 6.07) is 3.69. The second-order valence-electron chi connectivity index (χ2n) is 3.27. The molecule has 0 atom stereocenters. The van der Waals surface area contributed by atoms with E-state index in [4.69, 9.17) is 5.73 Å². The molecule has 5 nitrogen and oxygen atoms in total. The molecule has 84 valence electrons. The average molecular weight is 253 g/mol. The van der Waals surface area contributed by atoms with E-state index in [2.05, 4.69) is 15.2 Å². The zero-order chi connectivity index (χ0) is 11.5. The van der Waals surface area contributed by atoms with Crippen LogP contribution >= 0.6 is 23.1 Å². The van der Waals surface area contributed by atoms with E-state index in [0.29, 0.717) is 5.82 Å². The van der Waals surface area contributed by atoms with E-state index >= 15 is 0 Å². The van der Waals surface area contributed by atoms with Crippen molar-refractivity contribution in [3.05, 3.63) is 18.3 Å². The maximum atomic E-state index is 5.51. The van der Waals surface area contributed by atoms with E-state index in [1.54, 1.807) is 23.6 Å². The molecular weight excluding hydrogens is 242 g/mol. The van der Waals surface area contributed by atoms with Crippen molar-refractivity contribution in [2.24, 2.45) is 0 Å². The Hall–Kier alpha value is -1.34. The molecule has 2 N–H and O–H groups in total. The van der Waals surface area contributed by atoms with Gasteiger partial charge in [0.15, 0.2) is 4.34 Å². The standard InChI is InChI=1S/C9H11N5S2/c1-14(2)8-12-13-9(16-8)15-6-3-4-7(10)11-5-6/h3-5H,1-2H3,(H2,10,11). The van der Waals surface area contributed by atoms with Crippen LogP contribution in [0.1, 0.15) is 0 Å². The molecule has 0 fully saturated rings. The highest BCUT2D eigenvalue weighted by Crippen LogP contribution is 2.32. The number of nitrogen functional groups attached to an aromatic ring is 1. The van der Waals surface area contributed by atoms with E-state index in [1.165, 1.54) is 11.8 Å². The van der Waals surface area contributed by atoms with E-state index < -0.39 is 0 Å². The largest absolute Gasteiger partial charge is 0.384 e. The maximum Gasteiger partial charge on any atom is 0.208 e. The minimum absolute atomic E-state index is 0.524. The number of pyridine rings is 1. The molecule has 0 saturated carbocycles. The lowest BCUT2D eigenvalue weighted by Gasteiger charge is -2.03. The molecular formula is C9H11N5S2. The number of hydrogen-bond donors (Lipinski definition) is 1. The molecule has 2 heterocycles. The normalized spacial score (nSPS) is 10.4. The SMILES string of the molecule is CN(C)c1nnc(Sc2ccc(N)nc2)s1. The van der Waals surface area contributed by atoms with E-state index in [9.17, 15) is 0 Å². The second kappa shape index (κ2) is 4.67. The van der Waals surface area contributed by atoms with Crippen LogP contribution in [-0.2, 0) is 0 Å². The number of aromatic nitrogens is 3. The first-order valence-electron chi connectivity index (χ1n) is 4.55. The van der Waals surface area contributed by atoms with Crippen molar-refractivity contribution < 1.29 is 0 Å². The molecule has 2 aromatic rings. The Bertz CT molecular complexity index is 465. The van der Waals surface area contributed by atoms with Crippen molar-refractivity contribution >= 4 is 34.0 Å². The fourth-order valence-corrected chi connectivity index (χ4v) is 2.68. The van der Waals surface area contributed by atoms with Gasteiger partial charge in [-0.2, -0.15) is 0 Å². The minimum atomic E-state index is 0.524. The highest BCUT2D eigenvalue weighted by atomic mass is 32.2. The molecule has 2 rings (SSSR count).